The number of hydrogen-bond donors (Lipinski definition) is 2. The van der Waals surface area contributed by atoms with Crippen LogP contribution in [0.25, 0.3) is 0 Å². The van der Waals surface area contributed by atoms with E-state index in [0.29, 0.717) is 6.04 Å². The average molecular weight is 178 g/mol. The predicted molar refractivity (Wildman–Crippen MR) is 56.8 cm³/mol. The van der Waals surface area contributed by atoms with Crippen LogP contribution in [0.3, 0.4) is 0 Å². The summed E-state index contributed by atoms with van der Waals surface area (Å²) in [5.41, 5.74) is 1.34. The normalized spacial score (nSPS) is 12.8. The Labute approximate surface area is 80.4 Å². The first-order valence-electron chi connectivity index (χ1n) is 4.81. The molecule has 1 aromatic carbocycles. The lowest BCUT2D eigenvalue weighted by Gasteiger charge is -2.16. The van der Waals surface area contributed by atoms with Gasteiger partial charge in [0, 0.05) is 12.6 Å². The highest BCUT2D eigenvalue weighted by atomic mass is 15.0. The Hall–Kier alpha value is -0.860. The second kappa shape index (κ2) is 5.73. The largest absolute Gasteiger partial charge is 0.315 e. The molecule has 0 heterocycles. The Kier molecular flexibility index (Phi) is 4.50. The Balaban J connectivity index is 2.56. The molecule has 0 spiro atoms. The van der Waals surface area contributed by atoms with Crippen LogP contribution >= 0.6 is 0 Å². The Morgan fingerprint density at radius 3 is 2.46 bits per heavy atom. The lowest BCUT2D eigenvalue weighted by atomic mass is 10.1. The molecular weight excluding hydrogens is 160 g/mol. The molecule has 0 aliphatic heterocycles. The van der Waals surface area contributed by atoms with Gasteiger partial charge in [0.05, 0.1) is 0 Å². The van der Waals surface area contributed by atoms with E-state index in [1.165, 1.54) is 5.56 Å². The van der Waals surface area contributed by atoms with Crippen LogP contribution in [-0.4, -0.2) is 20.1 Å². The molecular formula is C11H18N2. The van der Waals surface area contributed by atoms with Gasteiger partial charge in [0.1, 0.15) is 0 Å². The van der Waals surface area contributed by atoms with Crippen molar-refractivity contribution in [2.75, 3.05) is 20.1 Å². The monoisotopic (exact) mass is 178 g/mol. The molecule has 72 valence electrons. The van der Waals surface area contributed by atoms with Crippen molar-refractivity contribution in [2.45, 2.75) is 13.0 Å². The van der Waals surface area contributed by atoms with Crippen molar-refractivity contribution < 1.29 is 0 Å². The maximum absolute atomic E-state index is 3.34. The molecule has 0 aliphatic carbocycles. The fourth-order valence-corrected chi connectivity index (χ4v) is 1.36. The van der Waals surface area contributed by atoms with Gasteiger partial charge in [-0.25, -0.2) is 0 Å². The Bertz CT molecular complexity index is 221. The van der Waals surface area contributed by atoms with E-state index in [0.717, 1.165) is 13.1 Å². The third-order valence-electron chi connectivity index (χ3n) is 2.15. The van der Waals surface area contributed by atoms with E-state index in [1.807, 2.05) is 13.1 Å². The van der Waals surface area contributed by atoms with Gasteiger partial charge >= 0.3 is 0 Å². The topological polar surface area (TPSA) is 24.1 Å². The maximum Gasteiger partial charge on any atom is 0.0444 e. The molecule has 2 nitrogen and oxygen atoms in total. The van der Waals surface area contributed by atoms with Crippen LogP contribution in [0.15, 0.2) is 30.3 Å². The van der Waals surface area contributed by atoms with Crippen LogP contribution in [0.5, 0.6) is 0 Å². The molecule has 13 heavy (non-hydrogen) atoms. The van der Waals surface area contributed by atoms with Crippen molar-refractivity contribution in [3.63, 3.8) is 0 Å². The molecule has 0 unspecified atom stereocenters. The third kappa shape index (κ3) is 3.17. The highest BCUT2D eigenvalue weighted by molar-refractivity contribution is 5.19. The van der Waals surface area contributed by atoms with Crippen LogP contribution in [0, 0.1) is 0 Å². The molecule has 0 saturated carbocycles. The fourth-order valence-electron chi connectivity index (χ4n) is 1.36. The summed E-state index contributed by atoms with van der Waals surface area (Å²) in [7, 11) is 2.00. The van der Waals surface area contributed by atoms with Crippen molar-refractivity contribution in [2.24, 2.45) is 0 Å². The maximum atomic E-state index is 3.34. The first-order chi connectivity index (χ1) is 6.38. The van der Waals surface area contributed by atoms with Crippen LogP contribution in [0.4, 0.5) is 0 Å². The zero-order valence-electron chi connectivity index (χ0n) is 8.38. The van der Waals surface area contributed by atoms with E-state index in [9.17, 15) is 0 Å². The van der Waals surface area contributed by atoms with Gasteiger partial charge in [-0.2, -0.15) is 0 Å². The molecule has 0 radical (unpaired) electrons. The van der Waals surface area contributed by atoms with Gasteiger partial charge in [-0.15, -0.1) is 0 Å². The van der Waals surface area contributed by atoms with E-state index in [2.05, 4.69) is 41.8 Å². The summed E-state index contributed by atoms with van der Waals surface area (Å²) in [5, 5.41) is 6.63. The standard InChI is InChI=1S/C11H18N2/c1-3-13-9-11(12-2)10-7-5-4-6-8-10/h4-8,11-13H,3,9H2,1-2H3/t11-/m1/s1. The quantitative estimate of drug-likeness (QED) is 0.715. The summed E-state index contributed by atoms with van der Waals surface area (Å²) in [4.78, 5) is 0. The van der Waals surface area contributed by atoms with Gasteiger partial charge in [0.15, 0.2) is 0 Å². The van der Waals surface area contributed by atoms with Crippen molar-refractivity contribution in [1.82, 2.24) is 10.6 Å². The Morgan fingerprint density at radius 1 is 1.23 bits per heavy atom. The van der Waals surface area contributed by atoms with Gasteiger partial charge < -0.3 is 10.6 Å². The highest BCUT2D eigenvalue weighted by Crippen LogP contribution is 2.10. The second-order valence-electron chi connectivity index (χ2n) is 3.06. The number of likely N-dealkylation sites (N-methyl/N-ethyl adjacent to an activating group) is 2. The first-order valence-corrected chi connectivity index (χ1v) is 4.81. The molecule has 1 rings (SSSR count). The number of rotatable bonds is 5. The number of nitrogens with one attached hydrogen (secondary N) is 2. The minimum Gasteiger partial charge on any atom is -0.315 e. The van der Waals surface area contributed by atoms with Gasteiger partial charge in [0.2, 0.25) is 0 Å². The molecule has 0 bridgehead atoms. The summed E-state index contributed by atoms with van der Waals surface area (Å²) in [6.45, 7) is 4.12. The van der Waals surface area contributed by atoms with E-state index in [4.69, 9.17) is 0 Å². The highest BCUT2D eigenvalue weighted by Gasteiger charge is 2.06. The van der Waals surface area contributed by atoms with E-state index in [1.54, 1.807) is 0 Å². The molecule has 0 saturated heterocycles. The lowest BCUT2D eigenvalue weighted by Crippen LogP contribution is -2.29. The minimum absolute atomic E-state index is 0.418. The van der Waals surface area contributed by atoms with Crippen molar-refractivity contribution >= 4 is 0 Å². The lowest BCUT2D eigenvalue weighted by molar-refractivity contribution is 0.538. The van der Waals surface area contributed by atoms with Gasteiger partial charge in [-0.1, -0.05) is 37.3 Å². The van der Waals surface area contributed by atoms with Crippen LogP contribution in [0.1, 0.15) is 18.5 Å². The summed E-state index contributed by atoms with van der Waals surface area (Å²) < 4.78 is 0. The molecule has 0 aromatic heterocycles. The van der Waals surface area contributed by atoms with Crippen molar-refractivity contribution in [1.29, 1.82) is 0 Å². The fraction of sp³-hybridized carbons (Fsp3) is 0.455. The minimum atomic E-state index is 0.418. The van der Waals surface area contributed by atoms with E-state index >= 15 is 0 Å². The van der Waals surface area contributed by atoms with Gasteiger partial charge in [0.25, 0.3) is 0 Å². The zero-order valence-corrected chi connectivity index (χ0v) is 8.38. The average Bonchev–Trinajstić information content (AvgIpc) is 2.21. The van der Waals surface area contributed by atoms with E-state index < -0.39 is 0 Å². The Morgan fingerprint density at radius 2 is 1.92 bits per heavy atom. The van der Waals surface area contributed by atoms with Gasteiger partial charge in [-0.05, 0) is 19.2 Å². The molecule has 2 N–H and O–H groups in total. The summed E-state index contributed by atoms with van der Waals surface area (Å²) in [6.07, 6.45) is 0. The van der Waals surface area contributed by atoms with Crippen LogP contribution in [-0.2, 0) is 0 Å². The van der Waals surface area contributed by atoms with Crippen LogP contribution < -0.4 is 10.6 Å². The smallest absolute Gasteiger partial charge is 0.0444 e. The zero-order chi connectivity index (χ0) is 9.52. The number of benzene rings is 1. The SMILES string of the molecule is CCNC[C@@H](NC)c1ccccc1. The van der Waals surface area contributed by atoms with Gasteiger partial charge in [-0.3, -0.25) is 0 Å². The van der Waals surface area contributed by atoms with Crippen molar-refractivity contribution in [3.8, 4) is 0 Å². The molecule has 0 aliphatic rings. The summed E-state index contributed by atoms with van der Waals surface area (Å²) in [6, 6.07) is 10.9. The van der Waals surface area contributed by atoms with Crippen molar-refractivity contribution in [3.05, 3.63) is 35.9 Å². The molecule has 2 heteroatoms. The summed E-state index contributed by atoms with van der Waals surface area (Å²) >= 11 is 0. The summed E-state index contributed by atoms with van der Waals surface area (Å²) in [5.74, 6) is 0. The first kappa shape index (κ1) is 10.2. The third-order valence-corrected chi connectivity index (χ3v) is 2.15. The van der Waals surface area contributed by atoms with Crippen LogP contribution in [0.2, 0.25) is 0 Å². The molecule has 0 fully saturated rings. The molecule has 1 aromatic rings. The predicted octanol–water partition coefficient (Wildman–Crippen LogP) is 1.56. The molecule has 0 amide bonds. The number of hydrogen-bond acceptors (Lipinski definition) is 2. The van der Waals surface area contributed by atoms with E-state index in [-0.39, 0.29) is 0 Å². The second-order valence-corrected chi connectivity index (χ2v) is 3.06. The molecule has 1 atom stereocenters.